The summed E-state index contributed by atoms with van der Waals surface area (Å²) < 4.78 is 79.0. The Labute approximate surface area is 267 Å². The van der Waals surface area contributed by atoms with E-state index in [-0.39, 0.29) is 25.3 Å². The Balaban J connectivity index is 1.67. The highest BCUT2D eigenvalue weighted by Crippen LogP contribution is 2.29. The number of aromatic amines is 1. The maximum atomic E-state index is 14.0. The second kappa shape index (κ2) is 16.8. The summed E-state index contributed by atoms with van der Waals surface area (Å²) in [6.45, 7) is -2.14. The van der Waals surface area contributed by atoms with Crippen molar-refractivity contribution in [3.8, 4) is 5.75 Å². The SMILES string of the molecule is Cc1cn(CC(=O)N(CCN)CC(=O)NCCN(CC(=O)Oc2c(F)c(F)c(F)c(F)c2F)C(=O)OCc2ccccc2)c(=O)[nH]c1=O. The van der Waals surface area contributed by atoms with Crippen LogP contribution in [-0.4, -0.2) is 82.5 Å². The van der Waals surface area contributed by atoms with Crippen LogP contribution in [0.5, 0.6) is 5.75 Å². The zero-order chi connectivity index (χ0) is 35.5. The quantitative estimate of drug-likeness (QED) is 0.0723. The molecule has 19 heteroatoms. The molecule has 3 rings (SSSR count). The third kappa shape index (κ3) is 9.71. The number of carbonyl (C=O) groups excluding carboxylic acids is 4. The van der Waals surface area contributed by atoms with Crippen LogP contribution in [0.4, 0.5) is 26.7 Å². The number of nitrogens with zero attached hydrogens (tertiary/aromatic N) is 3. The van der Waals surface area contributed by atoms with Gasteiger partial charge in [-0.15, -0.1) is 0 Å². The number of carbonyl (C=O) groups is 4. The summed E-state index contributed by atoms with van der Waals surface area (Å²) in [5.41, 5.74) is 4.76. The van der Waals surface area contributed by atoms with E-state index in [0.717, 1.165) is 9.47 Å². The minimum absolute atomic E-state index is 0.0647. The van der Waals surface area contributed by atoms with Crippen molar-refractivity contribution in [2.24, 2.45) is 5.73 Å². The summed E-state index contributed by atoms with van der Waals surface area (Å²) in [6, 6.07) is 8.21. The van der Waals surface area contributed by atoms with Gasteiger partial charge >= 0.3 is 17.8 Å². The van der Waals surface area contributed by atoms with Gasteiger partial charge < -0.3 is 25.4 Å². The molecule has 0 aliphatic rings. The first-order valence-electron chi connectivity index (χ1n) is 14.0. The molecule has 2 aromatic carbocycles. The number of amides is 3. The summed E-state index contributed by atoms with van der Waals surface area (Å²) >= 11 is 0. The Morgan fingerprint density at radius 3 is 2.15 bits per heavy atom. The molecule has 4 N–H and O–H groups in total. The number of benzene rings is 2. The number of nitrogens with one attached hydrogen (secondary N) is 2. The van der Waals surface area contributed by atoms with Gasteiger partial charge in [0.1, 0.15) is 19.7 Å². The van der Waals surface area contributed by atoms with Crippen LogP contribution in [0.2, 0.25) is 0 Å². The summed E-state index contributed by atoms with van der Waals surface area (Å²) in [7, 11) is 0. The molecule has 0 radical (unpaired) electrons. The fourth-order valence-electron chi connectivity index (χ4n) is 4.01. The number of nitrogens with two attached hydrogens (primary N) is 1. The molecule has 0 saturated carbocycles. The van der Waals surface area contributed by atoms with Gasteiger partial charge in [0, 0.05) is 37.9 Å². The number of ether oxygens (including phenoxy) is 2. The van der Waals surface area contributed by atoms with E-state index in [9.17, 15) is 50.7 Å². The van der Waals surface area contributed by atoms with E-state index in [2.05, 4.69) is 10.1 Å². The van der Waals surface area contributed by atoms with Crippen LogP contribution in [0.1, 0.15) is 11.1 Å². The lowest BCUT2D eigenvalue weighted by Crippen LogP contribution is -2.47. The normalized spacial score (nSPS) is 10.7. The molecule has 1 heterocycles. The Hall–Kier alpha value is -5.59. The molecule has 0 aliphatic heterocycles. The fourth-order valence-corrected chi connectivity index (χ4v) is 4.01. The number of hydrogen-bond donors (Lipinski definition) is 3. The molecule has 0 bridgehead atoms. The largest absolute Gasteiger partial charge is 0.445 e. The van der Waals surface area contributed by atoms with Gasteiger partial charge in [0.2, 0.25) is 46.6 Å². The zero-order valence-electron chi connectivity index (χ0n) is 25.2. The average molecular weight is 685 g/mol. The lowest BCUT2D eigenvalue weighted by Gasteiger charge is -2.23. The van der Waals surface area contributed by atoms with Crippen molar-refractivity contribution in [1.29, 1.82) is 0 Å². The first-order chi connectivity index (χ1) is 22.7. The van der Waals surface area contributed by atoms with Gasteiger partial charge in [-0.25, -0.2) is 27.6 Å². The van der Waals surface area contributed by atoms with Crippen molar-refractivity contribution in [2.75, 3.05) is 39.3 Å². The summed E-state index contributed by atoms with van der Waals surface area (Å²) in [5.74, 6) is -17.0. The Bertz CT molecular complexity index is 1760. The van der Waals surface area contributed by atoms with Crippen molar-refractivity contribution < 1.29 is 50.6 Å². The summed E-state index contributed by atoms with van der Waals surface area (Å²) in [6.07, 6.45) is -0.00809. The number of H-pyrrole nitrogens is 1. The predicted molar refractivity (Wildman–Crippen MR) is 155 cm³/mol. The maximum Gasteiger partial charge on any atom is 0.410 e. The van der Waals surface area contributed by atoms with E-state index >= 15 is 0 Å². The number of halogens is 5. The second-order valence-electron chi connectivity index (χ2n) is 9.99. The second-order valence-corrected chi connectivity index (χ2v) is 9.99. The molecular formula is C29H29F5N6O8. The molecule has 14 nitrogen and oxygen atoms in total. The third-order valence-corrected chi connectivity index (χ3v) is 6.45. The van der Waals surface area contributed by atoms with Crippen LogP contribution < -0.4 is 27.0 Å². The molecule has 48 heavy (non-hydrogen) atoms. The molecule has 0 fully saturated rings. The van der Waals surface area contributed by atoms with Gasteiger partial charge in [0.25, 0.3) is 5.56 Å². The average Bonchev–Trinajstić information content (AvgIpc) is 3.06. The summed E-state index contributed by atoms with van der Waals surface area (Å²) in [5, 5.41) is 2.39. The van der Waals surface area contributed by atoms with Gasteiger partial charge in [-0.05, 0) is 12.5 Å². The molecule has 3 aromatic rings. The van der Waals surface area contributed by atoms with Crippen LogP contribution in [0.15, 0.2) is 46.1 Å². The van der Waals surface area contributed by atoms with E-state index in [0.29, 0.717) is 10.5 Å². The van der Waals surface area contributed by atoms with E-state index < -0.39 is 103 Å². The van der Waals surface area contributed by atoms with Crippen LogP contribution in [0.3, 0.4) is 0 Å². The topological polar surface area (TPSA) is 186 Å². The fraction of sp³-hybridized carbons (Fsp3) is 0.310. The minimum atomic E-state index is -2.47. The van der Waals surface area contributed by atoms with Crippen LogP contribution >= 0.6 is 0 Å². The Morgan fingerprint density at radius 2 is 1.52 bits per heavy atom. The highest BCUT2D eigenvalue weighted by molar-refractivity contribution is 5.85. The lowest BCUT2D eigenvalue weighted by molar-refractivity contribution is -0.137. The predicted octanol–water partition coefficient (Wildman–Crippen LogP) is 0.688. The Kier molecular flexibility index (Phi) is 12.9. The zero-order valence-corrected chi connectivity index (χ0v) is 25.2. The molecule has 258 valence electrons. The van der Waals surface area contributed by atoms with Crippen LogP contribution in [-0.2, 0) is 32.3 Å². The van der Waals surface area contributed by atoms with E-state index in [1.165, 1.54) is 13.1 Å². The first-order valence-corrected chi connectivity index (χ1v) is 14.0. The molecule has 0 unspecified atom stereocenters. The van der Waals surface area contributed by atoms with E-state index in [4.69, 9.17) is 10.5 Å². The van der Waals surface area contributed by atoms with Crippen molar-refractivity contribution in [3.63, 3.8) is 0 Å². The van der Waals surface area contributed by atoms with Crippen molar-refractivity contribution in [3.05, 3.63) is 97.6 Å². The van der Waals surface area contributed by atoms with Gasteiger partial charge in [-0.1, -0.05) is 30.3 Å². The van der Waals surface area contributed by atoms with Crippen LogP contribution in [0, 0.1) is 36.0 Å². The number of aryl methyl sites for hydroxylation is 1. The van der Waals surface area contributed by atoms with Gasteiger partial charge in [0.05, 0.1) is 6.54 Å². The molecule has 0 spiro atoms. The molecule has 0 atom stereocenters. The molecular weight excluding hydrogens is 655 g/mol. The van der Waals surface area contributed by atoms with Crippen molar-refractivity contribution in [1.82, 2.24) is 24.7 Å². The molecule has 0 saturated heterocycles. The van der Waals surface area contributed by atoms with E-state index in [1.807, 2.05) is 4.98 Å². The van der Waals surface area contributed by atoms with Crippen LogP contribution in [0.25, 0.3) is 0 Å². The monoisotopic (exact) mass is 684 g/mol. The standard InChI is InChI=1S/C29H29F5N6O8/c1-16-11-40(28(45)37-27(16)44)13-19(42)38(9-7-35)12-18(41)36-8-10-39(29(46)47-15-17-5-3-2-4-6-17)14-20(43)48-26-24(33)22(31)21(30)23(32)25(26)34/h2-6,11H,7-10,12-15,35H2,1H3,(H,36,41)(H,37,44,45). The number of hydrogen-bond acceptors (Lipinski definition) is 9. The van der Waals surface area contributed by atoms with Gasteiger partial charge in [-0.3, -0.25) is 28.8 Å². The van der Waals surface area contributed by atoms with Crippen molar-refractivity contribution >= 4 is 23.9 Å². The van der Waals surface area contributed by atoms with E-state index in [1.54, 1.807) is 30.3 Å². The summed E-state index contributed by atoms with van der Waals surface area (Å²) in [4.78, 5) is 78.1. The van der Waals surface area contributed by atoms with Gasteiger partial charge in [0.15, 0.2) is 0 Å². The highest BCUT2D eigenvalue weighted by Gasteiger charge is 2.30. The van der Waals surface area contributed by atoms with Crippen molar-refractivity contribution in [2.45, 2.75) is 20.1 Å². The first kappa shape index (κ1) is 36.9. The highest BCUT2D eigenvalue weighted by atomic mass is 19.2. The molecule has 0 aliphatic carbocycles. The third-order valence-electron chi connectivity index (χ3n) is 6.45. The number of rotatable bonds is 14. The number of aromatic nitrogens is 2. The smallest absolute Gasteiger partial charge is 0.410 e. The van der Waals surface area contributed by atoms with Gasteiger partial charge in [-0.2, -0.15) is 8.78 Å². The maximum absolute atomic E-state index is 14.0. The lowest BCUT2D eigenvalue weighted by atomic mass is 10.2. The Morgan fingerprint density at radius 1 is 0.896 bits per heavy atom. The molecule has 3 amide bonds. The minimum Gasteiger partial charge on any atom is -0.445 e. The number of esters is 1. The molecule has 1 aromatic heterocycles.